The molecule has 11 heteroatoms. The first-order valence-electron chi connectivity index (χ1n) is 11.0. The van der Waals surface area contributed by atoms with Crippen LogP contribution in [0.3, 0.4) is 0 Å². The van der Waals surface area contributed by atoms with Gasteiger partial charge in [0.25, 0.3) is 0 Å². The Balaban J connectivity index is 1.16. The number of nitrogens with zero attached hydrogens (tertiary/aromatic N) is 3. The largest absolute Gasteiger partial charge is 0.497 e. The van der Waals surface area contributed by atoms with Gasteiger partial charge >= 0.3 is 0 Å². The molecule has 2 aromatic heterocycles. The van der Waals surface area contributed by atoms with Crippen LogP contribution in [0.1, 0.15) is 23.8 Å². The topological polar surface area (TPSA) is 108 Å². The van der Waals surface area contributed by atoms with E-state index >= 15 is 0 Å². The molecular weight excluding hydrogens is 463 g/mol. The van der Waals surface area contributed by atoms with Crippen LogP contribution in [0.5, 0.6) is 11.6 Å². The summed E-state index contributed by atoms with van der Waals surface area (Å²) in [7, 11) is 1.53. The molecule has 9 nitrogen and oxygen atoms in total. The van der Waals surface area contributed by atoms with E-state index in [0.717, 1.165) is 22.5 Å². The van der Waals surface area contributed by atoms with E-state index in [-0.39, 0.29) is 18.0 Å². The number of hydrogen-bond acceptors (Lipinski definition) is 10. The molecule has 5 rings (SSSR count). The van der Waals surface area contributed by atoms with Gasteiger partial charge in [0.15, 0.2) is 6.29 Å². The molecule has 0 aliphatic carbocycles. The number of benzene rings is 1. The Morgan fingerprint density at radius 3 is 2.94 bits per heavy atom. The van der Waals surface area contributed by atoms with Crippen molar-refractivity contribution in [2.75, 3.05) is 32.7 Å². The molecule has 0 radical (unpaired) electrons. The van der Waals surface area contributed by atoms with Gasteiger partial charge in [-0.2, -0.15) is 5.10 Å². The lowest BCUT2D eigenvalue weighted by molar-refractivity contribution is -0.202. The molecule has 1 saturated heterocycles. The Kier molecular flexibility index (Phi) is 7.07. The Hall–Kier alpha value is -2.57. The van der Waals surface area contributed by atoms with E-state index in [4.69, 9.17) is 18.9 Å². The normalized spacial score (nSPS) is 21.0. The highest BCUT2D eigenvalue weighted by atomic mass is 32.2. The van der Waals surface area contributed by atoms with E-state index in [1.165, 1.54) is 7.11 Å². The fourth-order valence-electron chi connectivity index (χ4n) is 3.96. The van der Waals surface area contributed by atoms with Gasteiger partial charge in [-0.15, -0.1) is 16.9 Å². The van der Waals surface area contributed by atoms with Crippen molar-refractivity contribution in [3.05, 3.63) is 47.5 Å². The number of ether oxygens (including phenoxy) is 4. The van der Waals surface area contributed by atoms with Crippen LogP contribution in [0.25, 0.3) is 10.9 Å². The summed E-state index contributed by atoms with van der Waals surface area (Å²) < 4.78 is 36.9. The van der Waals surface area contributed by atoms with Gasteiger partial charge in [0.2, 0.25) is 5.88 Å². The van der Waals surface area contributed by atoms with Crippen molar-refractivity contribution in [2.24, 2.45) is 0 Å². The zero-order valence-electron chi connectivity index (χ0n) is 18.6. The fourth-order valence-corrected chi connectivity index (χ4v) is 4.79. The van der Waals surface area contributed by atoms with Crippen molar-refractivity contribution in [2.45, 2.75) is 36.3 Å². The van der Waals surface area contributed by atoms with Crippen molar-refractivity contribution >= 4 is 22.7 Å². The molecule has 0 spiro atoms. The molecule has 3 aromatic rings. The van der Waals surface area contributed by atoms with Gasteiger partial charge in [-0.25, -0.2) is 4.39 Å². The van der Waals surface area contributed by atoms with Crippen molar-refractivity contribution < 1.29 is 28.4 Å². The van der Waals surface area contributed by atoms with Crippen LogP contribution in [0.2, 0.25) is 0 Å². The van der Waals surface area contributed by atoms with Gasteiger partial charge in [0, 0.05) is 29.7 Å². The van der Waals surface area contributed by atoms with E-state index < -0.39 is 18.2 Å². The molecule has 1 unspecified atom stereocenters. The zero-order valence-corrected chi connectivity index (χ0v) is 19.4. The summed E-state index contributed by atoms with van der Waals surface area (Å²) in [4.78, 5) is 5.09. The van der Waals surface area contributed by atoms with E-state index in [1.54, 1.807) is 30.0 Å². The van der Waals surface area contributed by atoms with Crippen molar-refractivity contribution in [3.8, 4) is 11.6 Å². The molecule has 2 N–H and O–H groups in total. The molecule has 1 atom stereocenters. The molecule has 34 heavy (non-hydrogen) atoms. The summed E-state index contributed by atoms with van der Waals surface area (Å²) in [6, 6.07) is 7.07. The molecule has 4 heterocycles. The van der Waals surface area contributed by atoms with E-state index in [9.17, 15) is 9.50 Å². The highest BCUT2D eigenvalue weighted by Crippen LogP contribution is 2.32. The summed E-state index contributed by atoms with van der Waals surface area (Å²) in [6.07, 6.45) is -0.576. The zero-order chi connectivity index (χ0) is 23.5. The second kappa shape index (κ2) is 10.4. The Morgan fingerprint density at radius 1 is 1.26 bits per heavy atom. The third kappa shape index (κ3) is 5.08. The van der Waals surface area contributed by atoms with Crippen molar-refractivity contribution in [1.82, 2.24) is 20.5 Å². The van der Waals surface area contributed by atoms with E-state index in [0.29, 0.717) is 48.9 Å². The van der Waals surface area contributed by atoms with Gasteiger partial charge in [0.05, 0.1) is 61.4 Å². The van der Waals surface area contributed by atoms with Gasteiger partial charge in [-0.05, 0) is 24.3 Å². The molecule has 180 valence electrons. The third-order valence-corrected chi connectivity index (χ3v) is 6.69. The minimum absolute atomic E-state index is 0.0436. The number of nitrogens with one attached hydrogen (secondary N) is 1. The lowest BCUT2D eigenvalue weighted by Crippen LogP contribution is -2.44. The maximum Gasteiger partial charge on any atom is 0.247 e. The van der Waals surface area contributed by atoms with E-state index in [1.807, 2.05) is 6.07 Å². The first-order chi connectivity index (χ1) is 16.6. The van der Waals surface area contributed by atoms with Crippen molar-refractivity contribution in [3.63, 3.8) is 0 Å². The summed E-state index contributed by atoms with van der Waals surface area (Å²) in [5, 5.41) is 23.0. The average molecular weight is 489 g/mol. The lowest BCUT2D eigenvalue weighted by atomic mass is 10.0. The van der Waals surface area contributed by atoms with Gasteiger partial charge < -0.3 is 29.4 Å². The van der Waals surface area contributed by atoms with Crippen LogP contribution >= 0.6 is 11.8 Å². The standard InChI is InChI=1S/C23H25FN4O5S/c1-30-15-2-3-18-16(7-15)22(17(24)10-26-18)19(29)8-21-32-11-14(12-33-21)25-9-13-6-20-23(28-27-13)31-4-5-34-20/h2-3,6-7,10,14,19,21,25,29H,4-5,8-9,11-12H2,1H3. The van der Waals surface area contributed by atoms with Gasteiger partial charge in [0.1, 0.15) is 11.6 Å². The maximum absolute atomic E-state index is 14.6. The Bertz CT molecular complexity index is 1160. The molecule has 0 saturated carbocycles. The highest BCUT2D eigenvalue weighted by molar-refractivity contribution is 7.99. The van der Waals surface area contributed by atoms with Gasteiger partial charge in [-0.1, -0.05) is 0 Å². The van der Waals surface area contributed by atoms with Gasteiger partial charge in [-0.3, -0.25) is 4.98 Å². The number of fused-ring (bicyclic) bond motifs is 2. The molecule has 2 aliphatic rings. The fraction of sp³-hybridized carbons (Fsp3) is 0.435. The molecule has 0 bridgehead atoms. The van der Waals surface area contributed by atoms with Crippen LogP contribution in [-0.4, -0.2) is 65.3 Å². The Labute approximate surface area is 200 Å². The minimum Gasteiger partial charge on any atom is -0.497 e. The quantitative estimate of drug-likeness (QED) is 0.515. The van der Waals surface area contributed by atoms with Crippen molar-refractivity contribution in [1.29, 1.82) is 0 Å². The first-order valence-corrected chi connectivity index (χ1v) is 12.0. The molecule has 2 aliphatic heterocycles. The lowest BCUT2D eigenvalue weighted by Gasteiger charge is -2.31. The molecule has 0 amide bonds. The van der Waals surface area contributed by atoms with Crippen LogP contribution in [0, 0.1) is 5.82 Å². The van der Waals surface area contributed by atoms with Crippen LogP contribution < -0.4 is 14.8 Å². The third-order valence-electron chi connectivity index (χ3n) is 5.71. The number of pyridine rings is 1. The Morgan fingerprint density at radius 2 is 2.12 bits per heavy atom. The van der Waals surface area contributed by atoms with Crippen LogP contribution in [0.15, 0.2) is 35.4 Å². The number of aliphatic hydroxyl groups excluding tert-OH is 1. The highest BCUT2D eigenvalue weighted by Gasteiger charge is 2.27. The average Bonchev–Trinajstić information content (AvgIpc) is 2.87. The predicted molar refractivity (Wildman–Crippen MR) is 122 cm³/mol. The molecule has 1 fully saturated rings. The number of hydrogen-bond donors (Lipinski definition) is 2. The van der Waals surface area contributed by atoms with Crippen LogP contribution in [-0.2, 0) is 16.0 Å². The SMILES string of the molecule is COc1ccc2ncc(F)c(C(O)CC3OCC(NCc4cc5c(nn4)OCCS5)CO3)c2c1. The second-order valence-corrected chi connectivity index (χ2v) is 9.17. The number of aliphatic hydroxyl groups is 1. The molecular formula is C23H25FN4O5S. The smallest absolute Gasteiger partial charge is 0.247 e. The number of aromatic nitrogens is 3. The monoisotopic (exact) mass is 488 g/mol. The molecule has 1 aromatic carbocycles. The summed E-state index contributed by atoms with van der Waals surface area (Å²) >= 11 is 1.71. The number of thioether (sulfide) groups is 1. The summed E-state index contributed by atoms with van der Waals surface area (Å²) in [6.45, 7) is 1.94. The van der Waals surface area contributed by atoms with E-state index in [2.05, 4.69) is 20.5 Å². The predicted octanol–water partition coefficient (Wildman–Crippen LogP) is 2.61. The number of rotatable bonds is 7. The first kappa shape index (κ1) is 23.2. The minimum atomic E-state index is -1.13. The summed E-state index contributed by atoms with van der Waals surface area (Å²) in [5.41, 5.74) is 1.54. The second-order valence-electron chi connectivity index (χ2n) is 8.03. The number of methoxy groups -OCH3 is 1. The number of halogens is 1. The van der Waals surface area contributed by atoms with Crippen LogP contribution in [0.4, 0.5) is 4.39 Å². The maximum atomic E-state index is 14.6. The summed E-state index contributed by atoms with van der Waals surface area (Å²) in [5.74, 6) is 1.46.